The molecule has 0 fully saturated rings. The fraction of sp³-hybridized carbons (Fsp3) is 0.214. The predicted molar refractivity (Wildman–Crippen MR) is 77.1 cm³/mol. The van der Waals surface area contributed by atoms with E-state index in [9.17, 15) is 9.59 Å². The molecular formula is C14H15N3O4. The van der Waals surface area contributed by atoms with Gasteiger partial charge in [-0.05, 0) is 19.1 Å². The van der Waals surface area contributed by atoms with Gasteiger partial charge in [-0.1, -0.05) is 18.2 Å². The van der Waals surface area contributed by atoms with Gasteiger partial charge in [0.05, 0.1) is 17.7 Å². The first-order valence-corrected chi connectivity index (χ1v) is 6.29. The van der Waals surface area contributed by atoms with E-state index in [0.29, 0.717) is 11.2 Å². The van der Waals surface area contributed by atoms with Crippen molar-refractivity contribution in [3.63, 3.8) is 0 Å². The number of carboxylic acid groups (broad SMARTS) is 1. The Hall–Kier alpha value is -2.67. The monoisotopic (exact) mass is 289 g/mol. The van der Waals surface area contributed by atoms with E-state index in [1.807, 2.05) is 25.1 Å². The molecule has 110 valence electrons. The number of fused-ring (bicyclic) bond motifs is 1. The van der Waals surface area contributed by atoms with Crippen LogP contribution in [0.4, 0.5) is 10.5 Å². The van der Waals surface area contributed by atoms with Crippen molar-refractivity contribution in [1.29, 1.82) is 0 Å². The molecule has 2 amide bonds. The number of amides is 2. The van der Waals surface area contributed by atoms with Crippen LogP contribution in [-0.4, -0.2) is 39.8 Å². The largest absolute Gasteiger partial charge is 0.479 e. The van der Waals surface area contributed by atoms with E-state index in [2.05, 4.69) is 15.6 Å². The number of hydrogen-bond donors (Lipinski definition) is 4. The Labute approximate surface area is 120 Å². The van der Waals surface area contributed by atoms with Crippen molar-refractivity contribution in [2.45, 2.75) is 13.0 Å². The van der Waals surface area contributed by atoms with Gasteiger partial charge >= 0.3 is 12.0 Å². The molecule has 1 aromatic carbocycles. The number of aliphatic carboxylic acids is 1. The number of pyridine rings is 1. The van der Waals surface area contributed by atoms with Gasteiger partial charge in [-0.15, -0.1) is 0 Å². The van der Waals surface area contributed by atoms with Crippen LogP contribution in [0.1, 0.15) is 5.69 Å². The number of aliphatic hydroxyl groups excluding tert-OH is 1. The molecule has 2 rings (SSSR count). The third-order valence-electron chi connectivity index (χ3n) is 2.85. The number of nitrogens with one attached hydrogen (secondary N) is 2. The van der Waals surface area contributed by atoms with Crippen LogP contribution in [0.25, 0.3) is 10.9 Å². The average molecular weight is 289 g/mol. The normalized spacial score (nSPS) is 11.9. The molecule has 0 aliphatic heterocycles. The van der Waals surface area contributed by atoms with Gasteiger partial charge in [0.15, 0.2) is 6.10 Å². The third-order valence-corrected chi connectivity index (χ3v) is 2.85. The lowest BCUT2D eigenvalue weighted by Gasteiger charge is -2.11. The number of anilines is 1. The van der Waals surface area contributed by atoms with Crippen molar-refractivity contribution in [3.8, 4) is 0 Å². The summed E-state index contributed by atoms with van der Waals surface area (Å²) in [6.07, 6.45) is -1.64. The van der Waals surface area contributed by atoms with E-state index in [-0.39, 0.29) is 6.54 Å². The molecule has 1 atom stereocenters. The number of nitrogens with zero attached hydrogens (tertiary/aromatic N) is 1. The highest BCUT2D eigenvalue weighted by atomic mass is 16.4. The first-order chi connectivity index (χ1) is 9.97. The number of para-hydroxylation sites is 1. The zero-order valence-corrected chi connectivity index (χ0v) is 11.3. The van der Waals surface area contributed by atoms with Crippen LogP contribution in [0.15, 0.2) is 30.3 Å². The minimum atomic E-state index is -1.64. The van der Waals surface area contributed by atoms with Crippen LogP contribution in [0.2, 0.25) is 0 Å². The number of carbonyl (C=O) groups is 2. The zero-order chi connectivity index (χ0) is 15.4. The van der Waals surface area contributed by atoms with Gasteiger partial charge in [0.1, 0.15) is 0 Å². The van der Waals surface area contributed by atoms with Gasteiger partial charge in [-0.25, -0.2) is 9.59 Å². The summed E-state index contributed by atoms with van der Waals surface area (Å²) in [5, 5.41) is 23.4. The molecule has 7 nitrogen and oxygen atoms in total. The van der Waals surface area contributed by atoms with E-state index in [1.165, 1.54) is 0 Å². The SMILES string of the molecule is Cc1ccc2cccc(NC(=O)NCC(O)C(=O)O)c2n1. The summed E-state index contributed by atoms with van der Waals surface area (Å²) in [5.74, 6) is -1.39. The summed E-state index contributed by atoms with van der Waals surface area (Å²) < 4.78 is 0. The Kier molecular flexibility index (Phi) is 4.34. The number of carboxylic acids is 1. The minimum absolute atomic E-state index is 0.377. The molecule has 0 saturated heterocycles. The van der Waals surface area contributed by atoms with Gasteiger partial charge in [-0.3, -0.25) is 4.98 Å². The molecule has 7 heteroatoms. The number of urea groups is 1. The number of hydrogen-bond acceptors (Lipinski definition) is 4. The second-order valence-corrected chi connectivity index (χ2v) is 4.52. The summed E-state index contributed by atoms with van der Waals surface area (Å²) >= 11 is 0. The van der Waals surface area contributed by atoms with Crippen LogP contribution in [0.5, 0.6) is 0 Å². The lowest BCUT2D eigenvalue weighted by Crippen LogP contribution is -2.38. The Morgan fingerprint density at radius 1 is 1.29 bits per heavy atom. The second-order valence-electron chi connectivity index (χ2n) is 4.52. The average Bonchev–Trinajstić information content (AvgIpc) is 2.45. The van der Waals surface area contributed by atoms with E-state index >= 15 is 0 Å². The fourth-order valence-corrected chi connectivity index (χ4v) is 1.79. The van der Waals surface area contributed by atoms with Crippen LogP contribution >= 0.6 is 0 Å². The number of carbonyl (C=O) groups excluding carboxylic acids is 1. The molecule has 21 heavy (non-hydrogen) atoms. The summed E-state index contributed by atoms with van der Waals surface area (Å²) in [5.41, 5.74) is 1.98. The van der Waals surface area contributed by atoms with E-state index in [1.54, 1.807) is 12.1 Å². The van der Waals surface area contributed by atoms with Crippen molar-refractivity contribution in [2.75, 3.05) is 11.9 Å². The van der Waals surface area contributed by atoms with Crippen LogP contribution in [0.3, 0.4) is 0 Å². The maximum Gasteiger partial charge on any atom is 0.334 e. The van der Waals surface area contributed by atoms with Crippen LogP contribution < -0.4 is 10.6 Å². The highest BCUT2D eigenvalue weighted by Gasteiger charge is 2.14. The van der Waals surface area contributed by atoms with Crippen molar-refractivity contribution >= 4 is 28.6 Å². The predicted octanol–water partition coefficient (Wildman–Crippen LogP) is 1.11. The minimum Gasteiger partial charge on any atom is -0.479 e. The summed E-state index contributed by atoms with van der Waals surface area (Å²) in [6.45, 7) is 1.47. The maximum atomic E-state index is 11.7. The van der Waals surface area contributed by atoms with Gasteiger partial charge in [-0.2, -0.15) is 0 Å². The molecule has 0 spiro atoms. The van der Waals surface area contributed by atoms with E-state index < -0.39 is 18.1 Å². The molecule has 0 saturated carbocycles. The summed E-state index contributed by atoms with van der Waals surface area (Å²) in [7, 11) is 0. The first-order valence-electron chi connectivity index (χ1n) is 6.29. The highest BCUT2D eigenvalue weighted by Crippen LogP contribution is 2.21. The van der Waals surface area contributed by atoms with E-state index in [4.69, 9.17) is 10.2 Å². The van der Waals surface area contributed by atoms with Crippen LogP contribution in [0, 0.1) is 6.92 Å². The molecule has 2 aromatic rings. The molecule has 0 bridgehead atoms. The number of benzene rings is 1. The van der Waals surface area contributed by atoms with Crippen LogP contribution in [-0.2, 0) is 4.79 Å². The van der Waals surface area contributed by atoms with Crippen molar-refractivity contribution in [2.24, 2.45) is 0 Å². The smallest absolute Gasteiger partial charge is 0.334 e. The Bertz CT molecular complexity index is 687. The molecule has 0 radical (unpaired) electrons. The molecule has 1 heterocycles. The van der Waals surface area contributed by atoms with Gasteiger partial charge in [0.25, 0.3) is 0 Å². The number of aliphatic hydroxyl groups is 1. The molecule has 0 aliphatic carbocycles. The third kappa shape index (κ3) is 3.67. The highest BCUT2D eigenvalue weighted by molar-refractivity contribution is 5.99. The standard InChI is InChI=1S/C14H15N3O4/c1-8-5-6-9-3-2-4-10(12(9)16-8)17-14(21)15-7-11(18)13(19)20/h2-6,11,18H,7H2,1H3,(H,19,20)(H2,15,17,21). The summed E-state index contributed by atoms with van der Waals surface area (Å²) in [4.78, 5) is 26.5. The molecule has 0 aliphatic rings. The van der Waals surface area contributed by atoms with Crippen molar-refractivity contribution < 1.29 is 19.8 Å². The molecule has 4 N–H and O–H groups in total. The quantitative estimate of drug-likeness (QED) is 0.673. The molecule has 1 aromatic heterocycles. The Morgan fingerprint density at radius 2 is 2.05 bits per heavy atom. The first kappa shape index (κ1) is 14.7. The lowest BCUT2D eigenvalue weighted by molar-refractivity contribution is -0.146. The maximum absolute atomic E-state index is 11.7. The lowest BCUT2D eigenvalue weighted by atomic mass is 10.2. The number of rotatable bonds is 4. The Morgan fingerprint density at radius 3 is 2.76 bits per heavy atom. The molecular weight excluding hydrogens is 274 g/mol. The number of aryl methyl sites for hydroxylation is 1. The second kappa shape index (κ2) is 6.19. The fourth-order valence-electron chi connectivity index (χ4n) is 1.79. The van der Waals surface area contributed by atoms with Gasteiger partial charge < -0.3 is 20.8 Å². The topological polar surface area (TPSA) is 112 Å². The van der Waals surface area contributed by atoms with E-state index in [0.717, 1.165) is 11.1 Å². The molecule has 1 unspecified atom stereocenters. The number of aromatic nitrogens is 1. The zero-order valence-electron chi connectivity index (χ0n) is 11.3. The van der Waals surface area contributed by atoms with Crippen molar-refractivity contribution in [1.82, 2.24) is 10.3 Å². The van der Waals surface area contributed by atoms with Gasteiger partial charge in [0, 0.05) is 11.1 Å². The Balaban J connectivity index is 2.11. The van der Waals surface area contributed by atoms with Crippen molar-refractivity contribution in [3.05, 3.63) is 36.0 Å². The summed E-state index contributed by atoms with van der Waals surface area (Å²) in [6, 6.07) is 8.51. The van der Waals surface area contributed by atoms with Gasteiger partial charge in [0.2, 0.25) is 0 Å².